The molecular weight excluding hydrogens is 415 g/mol. The van der Waals surface area contributed by atoms with E-state index in [1.165, 1.54) is 0 Å². The van der Waals surface area contributed by atoms with E-state index in [1.807, 2.05) is 0 Å². The standard InChI is InChI=1S/C10H16N2O8.La/c13-7(14)3-11(4-8(15)16)1-2-12(5-9(17)18)6-10(19)20;/h1-6H2,(H,13,14)(H,15,16)(H,17,18)(H,19,20);. The molecule has 0 heterocycles. The van der Waals surface area contributed by atoms with Gasteiger partial charge in [-0.25, -0.2) is 0 Å². The zero-order valence-corrected chi connectivity index (χ0v) is 14.8. The first-order valence-electron chi connectivity index (χ1n) is 5.52. The van der Waals surface area contributed by atoms with Gasteiger partial charge in [-0.05, 0) is 0 Å². The van der Waals surface area contributed by atoms with Gasteiger partial charge in [0.25, 0.3) is 0 Å². The Balaban J connectivity index is 0. The predicted octanol–water partition coefficient (Wildman–Crippen LogP) is -2.07. The van der Waals surface area contributed by atoms with Gasteiger partial charge in [0.2, 0.25) is 0 Å². The second kappa shape index (κ2) is 11.6. The molecule has 0 rings (SSSR count). The van der Waals surface area contributed by atoms with Gasteiger partial charge >= 0.3 is 23.9 Å². The molecule has 0 saturated heterocycles. The smallest absolute Gasteiger partial charge is 0.317 e. The van der Waals surface area contributed by atoms with E-state index in [0.717, 1.165) is 9.80 Å². The van der Waals surface area contributed by atoms with Gasteiger partial charge in [0.15, 0.2) is 0 Å². The van der Waals surface area contributed by atoms with Crippen molar-refractivity contribution < 1.29 is 75.2 Å². The molecule has 0 aliphatic carbocycles. The number of carboxylic acids is 4. The summed E-state index contributed by atoms with van der Waals surface area (Å²) in [5, 5.41) is 34.5. The van der Waals surface area contributed by atoms with E-state index in [4.69, 9.17) is 20.4 Å². The minimum Gasteiger partial charge on any atom is -0.480 e. The number of carbonyl (C=O) groups is 4. The van der Waals surface area contributed by atoms with Gasteiger partial charge < -0.3 is 20.4 Å². The van der Waals surface area contributed by atoms with E-state index < -0.39 is 50.1 Å². The summed E-state index contributed by atoms with van der Waals surface area (Å²) in [4.78, 5) is 44.4. The summed E-state index contributed by atoms with van der Waals surface area (Å²) in [5.74, 6) is -4.91. The fourth-order valence-electron chi connectivity index (χ4n) is 1.48. The van der Waals surface area contributed by atoms with Crippen LogP contribution in [0.1, 0.15) is 0 Å². The maximum absolute atomic E-state index is 10.6. The molecule has 0 aromatic rings. The van der Waals surface area contributed by atoms with Crippen molar-refractivity contribution in [1.82, 2.24) is 9.80 Å². The number of rotatable bonds is 11. The van der Waals surface area contributed by atoms with Crippen LogP contribution in [-0.2, 0) is 19.2 Å². The molecule has 0 aromatic carbocycles. The monoisotopic (exact) mass is 431 g/mol. The first-order valence-corrected chi connectivity index (χ1v) is 5.52. The van der Waals surface area contributed by atoms with Gasteiger partial charge in [0.1, 0.15) is 0 Å². The van der Waals surface area contributed by atoms with Crippen molar-refractivity contribution in [2.75, 3.05) is 39.3 Å². The van der Waals surface area contributed by atoms with Crippen molar-refractivity contribution in [3.8, 4) is 0 Å². The quantitative estimate of drug-likeness (QED) is 0.287. The topological polar surface area (TPSA) is 156 Å². The summed E-state index contributed by atoms with van der Waals surface area (Å²) < 4.78 is 0. The van der Waals surface area contributed by atoms with E-state index >= 15 is 0 Å². The third-order valence-electron chi connectivity index (χ3n) is 2.17. The SMILES string of the molecule is O=C(O)CN(CCN(CC(=O)O)CC(=O)O)CC(=O)O.[La]. The van der Waals surface area contributed by atoms with Crippen molar-refractivity contribution in [1.29, 1.82) is 0 Å². The molecule has 1 radical (unpaired) electrons. The molecule has 0 spiro atoms. The molecule has 0 atom stereocenters. The van der Waals surface area contributed by atoms with E-state index in [2.05, 4.69) is 0 Å². The zero-order chi connectivity index (χ0) is 15.7. The van der Waals surface area contributed by atoms with Crippen LogP contribution in [0.25, 0.3) is 0 Å². The van der Waals surface area contributed by atoms with Gasteiger partial charge in [-0.3, -0.25) is 29.0 Å². The second-order valence-electron chi connectivity index (χ2n) is 4.00. The number of hydrogen-bond acceptors (Lipinski definition) is 6. The van der Waals surface area contributed by atoms with Crippen molar-refractivity contribution in [3.05, 3.63) is 0 Å². The van der Waals surface area contributed by atoms with Crippen LogP contribution in [-0.4, -0.2) is 93.4 Å². The average molecular weight is 431 g/mol. The molecule has 0 saturated carbocycles. The summed E-state index contributed by atoms with van der Waals surface area (Å²) >= 11 is 0. The molecule has 0 aliphatic heterocycles. The first kappa shape index (κ1) is 22.3. The molecule has 4 N–H and O–H groups in total. The molecule has 0 amide bonds. The van der Waals surface area contributed by atoms with Crippen LogP contribution < -0.4 is 0 Å². The van der Waals surface area contributed by atoms with Crippen LogP contribution in [0.5, 0.6) is 0 Å². The van der Waals surface area contributed by atoms with Crippen molar-refractivity contribution >= 4 is 23.9 Å². The molecule has 0 fully saturated rings. The molecule has 0 bridgehead atoms. The molecule has 10 nitrogen and oxygen atoms in total. The molecule has 117 valence electrons. The third kappa shape index (κ3) is 13.7. The van der Waals surface area contributed by atoms with E-state index in [-0.39, 0.29) is 48.7 Å². The Labute approximate surface area is 147 Å². The number of nitrogens with zero attached hydrogens (tertiary/aromatic N) is 2. The van der Waals surface area contributed by atoms with E-state index in [1.54, 1.807) is 0 Å². The minimum atomic E-state index is -1.23. The fourth-order valence-corrected chi connectivity index (χ4v) is 1.48. The molecule has 0 aliphatic rings. The minimum absolute atomic E-state index is 0. The van der Waals surface area contributed by atoms with Crippen molar-refractivity contribution in [2.45, 2.75) is 0 Å². The largest absolute Gasteiger partial charge is 0.480 e. The number of carboxylic acid groups (broad SMARTS) is 4. The molecule has 11 heteroatoms. The van der Waals surface area contributed by atoms with Crippen molar-refractivity contribution in [2.24, 2.45) is 0 Å². The van der Waals surface area contributed by atoms with Crippen LogP contribution in [0.3, 0.4) is 0 Å². The van der Waals surface area contributed by atoms with Gasteiger partial charge in [0.05, 0.1) is 26.2 Å². The van der Waals surface area contributed by atoms with E-state index in [9.17, 15) is 19.2 Å². The maximum atomic E-state index is 10.6. The molecular formula is C10H16LaN2O8. The summed E-state index contributed by atoms with van der Waals surface area (Å²) in [6, 6.07) is 0. The fraction of sp³-hybridized carbons (Fsp3) is 0.600. The molecule has 0 aromatic heterocycles. The Morgan fingerprint density at radius 2 is 0.762 bits per heavy atom. The maximum Gasteiger partial charge on any atom is 0.317 e. The summed E-state index contributed by atoms with van der Waals surface area (Å²) in [5.41, 5.74) is 0. The Bertz CT molecular complexity index is 321. The van der Waals surface area contributed by atoms with Crippen molar-refractivity contribution in [3.63, 3.8) is 0 Å². The van der Waals surface area contributed by atoms with Crippen LogP contribution in [0, 0.1) is 35.6 Å². The van der Waals surface area contributed by atoms with Crippen LogP contribution in [0.15, 0.2) is 0 Å². The van der Waals surface area contributed by atoms with Crippen LogP contribution in [0.4, 0.5) is 0 Å². The van der Waals surface area contributed by atoms with E-state index in [0.29, 0.717) is 0 Å². The average Bonchev–Trinajstić information content (AvgIpc) is 2.22. The molecule has 0 unspecified atom stereocenters. The number of aliphatic carboxylic acids is 4. The van der Waals surface area contributed by atoms with Gasteiger partial charge in [-0.2, -0.15) is 0 Å². The Morgan fingerprint density at radius 1 is 0.571 bits per heavy atom. The van der Waals surface area contributed by atoms with Crippen LogP contribution in [0.2, 0.25) is 0 Å². The Morgan fingerprint density at radius 3 is 0.905 bits per heavy atom. The number of hydrogen-bond donors (Lipinski definition) is 4. The summed E-state index contributed by atoms with van der Waals surface area (Å²) in [7, 11) is 0. The van der Waals surface area contributed by atoms with Crippen LogP contribution >= 0.6 is 0 Å². The Hall–Kier alpha value is -1.01. The zero-order valence-electron chi connectivity index (χ0n) is 11.1. The second-order valence-corrected chi connectivity index (χ2v) is 4.00. The first-order chi connectivity index (χ1) is 9.20. The normalized spacial score (nSPS) is 10.2. The predicted molar refractivity (Wildman–Crippen MR) is 63.4 cm³/mol. The molecule has 21 heavy (non-hydrogen) atoms. The van der Waals surface area contributed by atoms with Gasteiger partial charge in [0, 0.05) is 48.7 Å². The van der Waals surface area contributed by atoms with Gasteiger partial charge in [-0.1, -0.05) is 0 Å². The summed E-state index contributed by atoms with van der Waals surface area (Å²) in [6.45, 7) is -2.25. The Kier molecular flexibility index (Phi) is 12.3. The third-order valence-corrected chi connectivity index (χ3v) is 2.17. The summed E-state index contributed by atoms with van der Waals surface area (Å²) in [6.07, 6.45) is 0. The van der Waals surface area contributed by atoms with Gasteiger partial charge in [-0.15, -0.1) is 0 Å².